The number of phosphoric ester groups is 1. The molecule has 0 bridgehead atoms. The van der Waals surface area contributed by atoms with E-state index in [2.05, 4.69) is 31.3 Å². The molecule has 0 saturated carbocycles. The molecule has 278 valence electrons. The number of hydrogen-bond donors (Lipinski definition) is 3. The van der Waals surface area contributed by atoms with E-state index in [0.717, 1.165) is 44.9 Å². The van der Waals surface area contributed by atoms with Gasteiger partial charge in [-0.05, 0) is 25.7 Å². The number of quaternary nitrogens is 1. The van der Waals surface area contributed by atoms with Crippen LogP contribution in [0.3, 0.4) is 0 Å². The van der Waals surface area contributed by atoms with Gasteiger partial charge in [0, 0.05) is 6.42 Å². The van der Waals surface area contributed by atoms with Crippen LogP contribution in [0, 0.1) is 0 Å². The van der Waals surface area contributed by atoms with Crippen molar-refractivity contribution in [3.63, 3.8) is 0 Å². The summed E-state index contributed by atoms with van der Waals surface area (Å²) in [5.41, 5.74) is 0. The molecule has 0 aliphatic rings. The molecule has 3 atom stereocenters. The maximum absolute atomic E-state index is 12.7. The van der Waals surface area contributed by atoms with E-state index in [4.69, 9.17) is 9.05 Å². The van der Waals surface area contributed by atoms with Gasteiger partial charge in [0.2, 0.25) is 5.91 Å². The first-order valence-corrected chi connectivity index (χ1v) is 20.7. The second kappa shape index (κ2) is 31.0. The van der Waals surface area contributed by atoms with E-state index in [0.29, 0.717) is 17.4 Å². The van der Waals surface area contributed by atoms with Crippen LogP contribution in [-0.2, 0) is 18.4 Å². The quantitative estimate of drug-likeness (QED) is 0.0269. The molecule has 9 heteroatoms. The van der Waals surface area contributed by atoms with Crippen molar-refractivity contribution >= 4 is 13.7 Å². The zero-order valence-corrected chi connectivity index (χ0v) is 32.2. The Morgan fingerprint density at radius 2 is 1.17 bits per heavy atom. The number of amides is 1. The summed E-state index contributed by atoms with van der Waals surface area (Å²) in [4.78, 5) is 22.9. The lowest BCUT2D eigenvalue weighted by Gasteiger charge is -2.25. The first-order chi connectivity index (χ1) is 22.5. The summed E-state index contributed by atoms with van der Waals surface area (Å²) in [6, 6.07) is -0.854. The molecule has 3 N–H and O–H groups in total. The third kappa shape index (κ3) is 33.3. The first-order valence-electron chi connectivity index (χ1n) is 19.2. The van der Waals surface area contributed by atoms with Gasteiger partial charge in [0.05, 0.1) is 39.9 Å². The lowest BCUT2D eigenvalue weighted by molar-refractivity contribution is -0.870. The molecule has 1 amide bonds. The van der Waals surface area contributed by atoms with Gasteiger partial charge in [0.15, 0.2) is 0 Å². The maximum Gasteiger partial charge on any atom is 0.472 e. The number of phosphoric acid groups is 1. The standard InChI is InChI=1S/C38H75N2O6P/c1-6-8-10-12-14-15-16-17-18-19-20-21-22-23-24-26-28-30-32-38(42)39-36(37(41)31-29-27-25-13-11-9-7-2)35-46-47(43,44)45-34-33-40(3,4)5/h11,13,29,31,36-37,41H,6-10,12,14-28,30,32-35H2,1-5H3,(H-,39,42,43,44)/p+1/b13-11+,31-29+. The van der Waals surface area contributed by atoms with Crippen molar-refractivity contribution in [3.8, 4) is 0 Å². The average molecular weight is 688 g/mol. The molecule has 0 rings (SSSR count). The lowest BCUT2D eigenvalue weighted by atomic mass is 10.0. The molecule has 8 nitrogen and oxygen atoms in total. The maximum atomic E-state index is 12.7. The van der Waals surface area contributed by atoms with Crippen LogP contribution in [0.1, 0.15) is 162 Å². The van der Waals surface area contributed by atoms with Gasteiger partial charge in [-0.25, -0.2) is 4.57 Å². The number of unbranched alkanes of at least 4 members (excludes halogenated alkanes) is 19. The smallest absolute Gasteiger partial charge is 0.387 e. The number of rotatable bonds is 34. The highest BCUT2D eigenvalue weighted by Crippen LogP contribution is 2.43. The topological polar surface area (TPSA) is 105 Å². The van der Waals surface area contributed by atoms with Crippen LogP contribution < -0.4 is 5.32 Å². The molecule has 0 aliphatic heterocycles. The highest BCUT2D eigenvalue weighted by molar-refractivity contribution is 7.47. The minimum Gasteiger partial charge on any atom is -0.387 e. The Morgan fingerprint density at radius 3 is 1.66 bits per heavy atom. The summed E-state index contributed by atoms with van der Waals surface area (Å²) >= 11 is 0. The first kappa shape index (κ1) is 46.0. The molecule has 47 heavy (non-hydrogen) atoms. The fourth-order valence-corrected chi connectivity index (χ4v) is 6.03. The number of carbonyl (C=O) groups excluding carboxylic acids is 1. The van der Waals surface area contributed by atoms with Gasteiger partial charge in [0.1, 0.15) is 13.2 Å². The monoisotopic (exact) mass is 688 g/mol. The van der Waals surface area contributed by atoms with Crippen molar-refractivity contribution in [2.45, 2.75) is 174 Å². The van der Waals surface area contributed by atoms with Crippen molar-refractivity contribution in [3.05, 3.63) is 24.3 Å². The van der Waals surface area contributed by atoms with E-state index in [9.17, 15) is 19.4 Å². The van der Waals surface area contributed by atoms with Crippen molar-refractivity contribution in [1.29, 1.82) is 0 Å². The van der Waals surface area contributed by atoms with Crippen LogP contribution in [0.5, 0.6) is 0 Å². The lowest BCUT2D eigenvalue weighted by Crippen LogP contribution is -2.45. The van der Waals surface area contributed by atoms with E-state index in [-0.39, 0.29) is 19.1 Å². The highest BCUT2D eigenvalue weighted by Gasteiger charge is 2.27. The molecular formula is C38H76N2O6P+. The summed E-state index contributed by atoms with van der Waals surface area (Å²) in [6.07, 6.45) is 34.1. The molecule has 0 aromatic rings. The van der Waals surface area contributed by atoms with E-state index in [1.807, 2.05) is 27.2 Å². The largest absolute Gasteiger partial charge is 0.472 e. The molecular weight excluding hydrogens is 611 g/mol. The van der Waals surface area contributed by atoms with Gasteiger partial charge in [-0.2, -0.15) is 0 Å². The molecule has 0 aliphatic carbocycles. The summed E-state index contributed by atoms with van der Waals surface area (Å²) in [7, 11) is 1.55. The van der Waals surface area contributed by atoms with Crippen molar-refractivity contribution in [2.75, 3.05) is 40.9 Å². The predicted molar refractivity (Wildman–Crippen MR) is 198 cm³/mol. The minimum absolute atomic E-state index is 0.0572. The van der Waals surface area contributed by atoms with Crippen LogP contribution in [0.2, 0.25) is 0 Å². The number of hydrogen-bond acceptors (Lipinski definition) is 5. The number of allylic oxidation sites excluding steroid dienone is 3. The number of nitrogens with one attached hydrogen (secondary N) is 1. The Morgan fingerprint density at radius 1 is 0.702 bits per heavy atom. The predicted octanol–water partition coefficient (Wildman–Crippen LogP) is 9.80. The third-order valence-electron chi connectivity index (χ3n) is 8.41. The van der Waals surface area contributed by atoms with Gasteiger partial charge >= 0.3 is 7.82 Å². The second-order valence-electron chi connectivity index (χ2n) is 14.3. The number of aliphatic hydroxyl groups excluding tert-OH is 1. The molecule has 0 saturated heterocycles. The molecule has 0 fully saturated rings. The Hall–Kier alpha value is -1.02. The molecule has 0 heterocycles. The van der Waals surface area contributed by atoms with Gasteiger partial charge in [-0.1, -0.05) is 154 Å². The summed E-state index contributed by atoms with van der Waals surface area (Å²) < 4.78 is 23.3. The van der Waals surface area contributed by atoms with Gasteiger partial charge in [0.25, 0.3) is 0 Å². The molecule has 0 aromatic carbocycles. The van der Waals surface area contributed by atoms with Crippen LogP contribution in [0.15, 0.2) is 24.3 Å². The average Bonchev–Trinajstić information content (AvgIpc) is 3.01. The van der Waals surface area contributed by atoms with Crippen molar-refractivity contribution in [1.82, 2.24) is 5.32 Å². The summed E-state index contributed by atoms with van der Waals surface area (Å²) in [5.74, 6) is -0.191. The Balaban J connectivity index is 4.30. The zero-order chi connectivity index (χ0) is 35.1. The molecule has 3 unspecified atom stereocenters. The van der Waals surface area contributed by atoms with E-state index in [1.165, 1.54) is 96.3 Å². The molecule has 0 aromatic heterocycles. The Kier molecular flexibility index (Phi) is 30.3. The number of nitrogens with zero attached hydrogens (tertiary/aromatic N) is 1. The van der Waals surface area contributed by atoms with Crippen molar-refractivity contribution < 1.29 is 32.9 Å². The van der Waals surface area contributed by atoms with E-state index in [1.54, 1.807) is 6.08 Å². The molecule has 0 radical (unpaired) electrons. The highest BCUT2D eigenvalue weighted by atomic mass is 31.2. The Bertz CT molecular complexity index is 829. The van der Waals surface area contributed by atoms with Crippen LogP contribution >= 0.6 is 7.82 Å². The Labute approximate surface area is 290 Å². The fourth-order valence-electron chi connectivity index (χ4n) is 5.30. The van der Waals surface area contributed by atoms with Crippen LogP contribution in [0.25, 0.3) is 0 Å². The van der Waals surface area contributed by atoms with Gasteiger partial charge in [-0.3, -0.25) is 13.8 Å². The van der Waals surface area contributed by atoms with Gasteiger partial charge in [-0.15, -0.1) is 0 Å². The third-order valence-corrected chi connectivity index (χ3v) is 9.39. The normalized spacial score (nSPS) is 15.0. The number of aliphatic hydroxyl groups is 1. The molecule has 0 spiro atoms. The van der Waals surface area contributed by atoms with Crippen molar-refractivity contribution in [2.24, 2.45) is 0 Å². The summed E-state index contributed by atoms with van der Waals surface area (Å²) in [5, 5.41) is 13.6. The minimum atomic E-state index is -4.33. The van der Waals surface area contributed by atoms with Crippen LogP contribution in [-0.4, -0.2) is 73.4 Å². The number of likely N-dealkylation sites (N-methyl/N-ethyl adjacent to an activating group) is 1. The van der Waals surface area contributed by atoms with E-state index >= 15 is 0 Å². The SMILES string of the molecule is CCC/C=C/CC/C=C/C(O)C(COP(=O)(O)OCC[N+](C)(C)C)NC(=O)CCCCCCCCCCCCCCCCCCCC. The zero-order valence-electron chi connectivity index (χ0n) is 31.3. The number of carbonyl (C=O) groups is 1. The van der Waals surface area contributed by atoms with Crippen LogP contribution in [0.4, 0.5) is 0 Å². The second-order valence-corrected chi connectivity index (χ2v) is 15.8. The fraction of sp³-hybridized carbons (Fsp3) is 0.868. The summed E-state index contributed by atoms with van der Waals surface area (Å²) in [6.45, 7) is 4.67. The van der Waals surface area contributed by atoms with E-state index < -0.39 is 20.0 Å². The van der Waals surface area contributed by atoms with Gasteiger partial charge < -0.3 is 19.8 Å².